The maximum atomic E-state index is 13.4. The predicted octanol–water partition coefficient (Wildman–Crippen LogP) is 7.19. The number of alkyl halides is 1. The maximum absolute atomic E-state index is 13.4. The van der Waals surface area contributed by atoms with E-state index in [1.807, 2.05) is 25.2 Å². The van der Waals surface area contributed by atoms with Gasteiger partial charge in [0.2, 0.25) is 0 Å². The van der Waals surface area contributed by atoms with Gasteiger partial charge in [-0.15, -0.1) is 11.6 Å². The Morgan fingerprint density at radius 2 is 1.85 bits per heavy atom. The van der Waals surface area contributed by atoms with Gasteiger partial charge in [0.15, 0.2) is 14.1 Å². The van der Waals surface area contributed by atoms with E-state index in [9.17, 15) is 4.79 Å². The number of hydrogen-bond acceptors (Lipinski definition) is 6. The first-order valence-corrected chi connectivity index (χ1v) is 18.2. The van der Waals surface area contributed by atoms with Gasteiger partial charge in [0, 0.05) is 50.2 Å². The highest BCUT2D eigenvalue weighted by atomic mass is 35.5. The quantitative estimate of drug-likeness (QED) is 0.0796. The Kier molecular flexibility index (Phi) is 11.6. The minimum absolute atomic E-state index is 0.00436. The van der Waals surface area contributed by atoms with Crippen molar-refractivity contribution in [1.29, 1.82) is 0 Å². The van der Waals surface area contributed by atoms with Gasteiger partial charge in [-0.3, -0.25) is 4.79 Å². The fraction of sp³-hybridized carbons (Fsp3) is 0.727. The number of cyclic esters (lactones) is 1. The zero-order chi connectivity index (χ0) is 30.6. The fourth-order valence-electron chi connectivity index (χ4n) is 5.34. The lowest BCUT2D eigenvalue weighted by Gasteiger charge is -2.52. The van der Waals surface area contributed by atoms with Crippen molar-refractivity contribution < 1.29 is 28.2 Å². The largest absolute Gasteiger partial charge is 0.458 e. The summed E-state index contributed by atoms with van der Waals surface area (Å²) in [6.45, 7) is 17.6. The summed E-state index contributed by atoms with van der Waals surface area (Å²) in [7, 11) is 1.22. The molecule has 1 saturated heterocycles. The third-order valence-electron chi connectivity index (χ3n) is 9.17. The van der Waals surface area contributed by atoms with Gasteiger partial charge in [0.1, 0.15) is 6.10 Å². The summed E-state index contributed by atoms with van der Waals surface area (Å²) in [6.07, 6.45) is 10.5. The van der Waals surface area contributed by atoms with Crippen molar-refractivity contribution in [2.45, 2.75) is 121 Å². The molecule has 3 aliphatic rings. The zero-order valence-electron chi connectivity index (χ0n) is 26.7. The number of carbonyl (C=O) groups is 1. The van der Waals surface area contributed by atoms with Crippen LogP contribution >= 0.6 is 11.6 Å². The van der Waals surface area contributed by atoms with Crippen LogP contribution < -0.4 is 0 Å². The molecule has 2 aliphatic heterocycles. The van der Waals surface area contributed by atoms with Crippen molar-refractivity contribution in [3.8, 4) is 11.8 Å². The van der Waals surface area contributed by atoms with E-state index in [0.29, 0.717) is 18.8 Å². The molecule has 0 radical (unpaired) electrons. The van der Waals surface area contributed by atoms with Crippen molar-refractivity contribution >= 4 is 25.9 Å². The number of rotatable bonds is 6. The van der Waals surface area contributed by atoms with Crippen molar-refractivity contribution in [3.63, 3.8) is 0 Å². The Labute approximate surface area is 254 Å². The molecule has 0 spiro atoms. The summed E-state index contributed by atoms with van der Waals surface area (Å²) in [5.41, 5.74) is 1.08. The second kappa shape index (κ2) is 13.9. The summed E-state index contributed by atoms with van der Waals surface area (Å²) in [5.74, 6) is 5.02. The summed E-state index contributed by atoms with van der Waals surface area (Å²) in [5, 5.41) is 0.229. The molecule has 6 nitrogen and oxygen atoms in total. The summed E-state index contributed by atoms with van der Waals surface area (Å²) in [4.78, 5) is 13.4. The van der Waals surface area contributed by atoms with Gasteiger partial charge in [-0.05, 0) is 43.6 Å². The van der Waals surface area contributed by atoms with Crippen LogP contribution in [0.25, 0.3) is 0 Å². The smallest absolute Gasteiger partial charge is 0.311 e. The molecule has 0 aromatic rings. The monoisotopic (exact) mass is 606 g/mol. The maximum Gasteiger partial charge on any atom is 0.311 e. The SMILES string of the molecule is CO[C@H]1/C=C(\C)C[C@@H](/C=C/C=C/C#C[C@@H]2C[C@H]2Cl)OC(=O)C[C@]2(OC)C[C@@H](O[Si](C)(C)C(C)(C)C)[C@H](C)[C@H](O2)[C@H]1C. The van der Waals surface area contributed by atoms with E-state index >= 15 is 0 Å². The van der Waals surface area contributed by atoms with Gasteiger partial charge in [0.25, 0.3) is 0 Å². The molecule has 3 rings (SSSR count). The highest BCUT2D eigenvalue weighted by Crippen LogP contribution is 2.45. The molecule has 0 aromatic carbocycles. The number of esters is 1. The minimum Gasteiger partial charge on any atom is -0.458 e. The van der Waals surface area contributed by atoms with Crippen molar-refractivity contribution in [2.24, 2.45) is 17.8 Å². The third kappa shape index (κ3) is 9.05. The van der Waals surface area contributed by atoms with Gasteiger partial charge in [0.05, 0.1) is 24.7 Å². The molecule has 2 fully saturated rings. The molecule has 0 unspecified atom stereocenters. The van der Waals surface area contributed by atoms with E-state index in [1.165, 1.54) is 0 Å². The van der Waals surface area contributed by atoms with Crippen molar-refractivity contribution in [1.82, 2.24) is 0 Å². The van der Waals surface area contributed by atoms with Crippen LogP contribution in [-0.4, -0.2) is 64.1 Å². The highest BCUT2D eigenvalue weighted by molar-refractivity contribution is 6.74. The molecule has 1 aliphatic carbocycles. The molecule has 41 heavy (non-hydrogen) atoms. The molecule has 1 saturated carbocycles. The first-order chi connectivity index (χ1) is 19.1. The lowest BCUT2D eigenvalue weighted by atomic mass is 9.80. The summed E-state index contributed by atoms with van der Waals surface area (Å²) >= 11 is 6.01. The Hall–Kier alpha value is -1.40. The normalized spacial score (nSPS) is 38.3. The van der Waals surface area contributed by atoms with Crippen LogP contribution in [0.2, 0.25) is 18.1 Å². The highest BCUT2D eigenvalue weighted by Gasteiger charge is 2.52. The third-order valence-corrected chi connectivity index (χ3v) is 14.2. The van der Waals surface area contributed by atoms with Gasteiger partial charge >= 0.3 is 5.97 Å². The zero-order valence-corrected chi connectivity index (χ0v) is 28.4. The molecular formula is C33H51ClO6Si. The van der Waals surface area contributed by atoms with Crippen LogP contribution in [0.4, 0.5) is 0 Å². The van der Waals surface area contributed by atoms with E-state index in [1.54, 1.807) is 20.3 Å². The Morgan fingerprint density at radius 1 is 1.17 bits per heavy atom. The molecule has 2 bridgehead atoms. The van der Waals surface area contributed by atoms with Crippen LogP contribution in [0.5, 0.6) is 0 Å². The Bertz CT molecular complexity index is 1070. The van der Waals surface area contributed by atoms with Crippen molar-refractivity contribution in [3.05, 3.63) is 36.0 Å². The van der Waals surface area contributed by atoms with Crippen LogP contribution in [0, 0.1) is 29.6 Å². The number of methoxy groups -OCH3 is 2. The summed E-state index contributed by atoms with van der Waals surface area (Å²) < 4.78 is 31.8. The second-order valence-electron chi connectivity index (χ2n) is 13.5. The van der Waals surface area contributed by atoms with E-state index < -0.39 is 20.2 Å². The average Bonchev–Trinajstić information content (AvgIpc) is 3.59. The Balaban J connectivity index is 1.91. The van der Waals surface area contributed by atoms with E-state index in [-0.39, 0.29) is 53.0 Å². The number of ether oxygens (including phenoxy) is 4. The topological polar surface area (TPSA) is 63.2 Å². The number of allylic oxidation sites excluding steroid dienone is 3. The van der Waals surface area contributed by atoms with Crippen molar-refractivity contribution in [2.75, 3.05) is 14.2 Å². The fourth-order valence-corrected chi connectivity index (χ4v) is 7.01. The lowest BCUT2D eigenvalue weighted by Crippen LogP contribution is -2.59. The van der Waals surface area contributed by atoms with E-state index in [0.717, 1.165) is 12.0 Å². The first-order valence-electron chi connectivity index (χ1n) is 14.9. The molecule has 2 heterocycles. The lowest BCUT2D eigenvalue weighted by molar-refractivity contribution is -0.310. The number of hydrogen-bond donors (Lipinski definition) is 0. The van der Waals surface area contributed by atoms with Crippen LogP contribution in [0.3, 0.4) is 0 Å². The standard InChI is InChI=1S/C33H51ClO6Si/c1-22-17-26(16-14-12-11-13-15-25-19-27(25)34)38-30(35)21-33(37-8)20-29(40-41(9,10)32(4,5)6)24(3)31(39-33)23(2)28(18-22)36-7/h11-12,14,16,18,23-29,31H,17,19-21H2,1-10H3/b12-11+,16-14+,22-18+/t23-,24-,25+,26+,27+,28-,29+,31+,33-/m0/s1. The molecule has 8 heteroatoms. The molecule has 0 N–H and O–H groups in total. The average molecular weight is 607 g/mol. The van der Waals surface area contributed by atoms with Gasteiger partial charge in [-0.1, -0.05) is 70.3 Å². The molecule has 9 atom stereocenters. The van der Waals surface area contributed by atoms with Crippen LogP contribution in [-0.2, 0) is 28.2 Å². The second-order valence-corrected chi connectivity index (χ2v) is 18.9. The van der Waals surface area contributed by atoms with Gasteiger partial charge in [-0.25, -0.2) is 0 Å². The van der Waals surface area contributed by atoms with E-state index in [4.69, 9.17) is 35.0 Å². The predicted molar refractivity (Wildman–Crippen MR) is 167 cm³/mol. The van der Waals surface area contributed by atoms with Crippen LogP contribution in [0.15, 0.2) is 36.0 Å². The summed E-state index contributed by atoms with van der Waals surface area (Å²) in [6, 6.07) is 0. The van der Waals surface area contributed by atoms with Gasteiger partial charge < -0.3 is 23.4 Å². The minimum atomic E-state index is -2.12. The molecular weight excluding hydrogens is 556 g/mol. The molecule has 230 valence electrons. The molecule has 0 aromatic heterocycles. The van der Waals surface area contributed by atoms with Gasteiger partial charge in [-0.2, -0.15) is 0 Å². The Morgan fingerprint density at radius 3 is 2.44 bits per heavy atom. The first kappa shape index (κ1) is 34.1. The van der Waals surface area contributed by atoms with Crippen LogP contribution in [0.1, 0.15) is 67.2 Å². The number of fused-ring (bicyclic) bond motifs is 2. The number of halogens is 1. The number of carbonyl (C=O) groups excluding carboxylic acids is 1. The van der Waals surface area contributed by atoms with E-state index in [2.05, 4.69) is 65.6 Å². The molecule has 0 amide bonds.